The Morgan fingerprint density at radius 3 is 2.33 bits per heavy atom. The normalized spacial score (nSPS) is 26.1. The van der Waals surface area contributed by atoms with Crippen LogP contribution in [-0.2, 0) is 4.79 Å². The Hall–Kier alpha value is -1.45. The number of aromatic nitrogens is 2. The summed E-state index contributed by atoms with van der Waals surface area (Å²) in [5.74, 6) is 1.20. The molecule has 1 aromatic rings. The fourth-order valence-electron chi connectivity index (χ4n) is 2.16. The Labute approximate surface area is 88.9 Å². The lowest BCUT2D eigenvalue weighted by molar-refractivity contribution is -0.122. The minimum absolute atomic E-state index is 0.0602. The molecule has 1 saturated carbocycles. The van der Waals surface area contributed by atoms with Crippen molar-refractivity contribution in [2.75, 3.05) is 0 Å². The van der Waals surface area contributed by atoms with Crippen LogP contribution in [-0.4, -0.2) is 15.9 Å². The van der Waals surface area contributed by atoms with E-state index in [2.05, 4.69) is 9.97 Å². The molecule has 80 valence electrons. The summed E-state index contributed by atoms with van der Waals surface area (Å²) in [6.07, 6.45) is 7.22. The topological polar surface area (TPSA) is 68.9 Å². The van der Waals surface area contributed by atoms with E-state index >= 15 is 0 Å². The largest absolute Gasteiger partial charge is 0.369 e. The van der Waals surface area contributed by atoms with Crippen molar-refractivity contribution in [2.24, 2.45) is 11.7 Å². The van der Waals surface area contributed by atoms with Gasteiger partial charge >= 0.3 is 0 Å². The second kappa shape index (κ2) is 4.38. The van der Waals surface area contributed by atoms with E-state index in [0.29, 0.717) is 5.92 Å². The number of nitrogens with zero attached hydrogens (tertiary/aromatic N) is 2. The third kappa shape index (κ3) is 2.32. The molecule has 4 nitrogen and oxygen atoms in total. The summed E-state index contributed by atoms with van der Waals surface area (Å²) in [6, 6.07) is 1.82. The predicted octanol–water partition coefficient (Wildman–Crippen LogP) is 1.24. The summed E-state index contributed by atoms with van der Waals surface area (Å²) in [5, 5.41) is 0. The zero-order chi connectivity index (χ0) is 10.7. The molecule has 15 heavy (non-hydrogen) atoms. The van der Waals surface area contributed by atoms with Gasteiger partial charge in [-0.3, -0.25) is 4.79 Å². The summed E-state index contributed by atoms with van der Waals surface area (Å²) in [6.45, 7) is 0. The van der Waals surface area contributed by atoms with Crippen LogP contribution in [0.3, 0.4) is 0 Å². The molecule has 1 aliphatic carbocycles. The maximum absolute atomic E-state index is 11.0. The first kappa shape index (κ1) is 10.1. The molecule has 4 heteroatoms. The lowest BCUT2D eigenvalue weighted by Crippen LogP contribution is -2.27. The van der Waals surface area contributed by atoms with Crippen molar-refractivity contribution in [1.29, 1.82) is 0 Å². The number of amides is 1. The highest BCUT2D eigenvalue weighted by Gasteiger charge is 2.26. The van der Waals surface area contributed by atoms with Gasteiger partial charge in [0.25, 0.3) is 0 Å². The summed E-state index contributed by atoms with van der Waals surface area (Å²) in [7, 11) is 0. The Balaban J connectivity index is 1.97. The molecule has 0 saturated heterocycles. The van der Waals surface area contributed by atoms with E-state index in [9.17, 15) is 4.79 Å². The monoisotopic (exact) mass is 205 g/mol. The number of hydrogen-bond acceptors (Lipinski definition) is 3. The lowest BCUT2D eigenvalue weighted by Gasteiger charge is -2.25. The van der Waals surface area contributed by atoms with Crippen molar-refractivity contribution in [1.82, 2.24) is 9.97 Å². The Morgan fingerprint density at radius 1 is 1.20 bits per heavy atom. The predicted molar refractivity (Wildman–Crippen MR) is 55.9 cm³/mol. The zero-order valence-corrected chi connectivity index (χ0v) is 8.60. The van der Waals surface area contributed by atoms with Crippen LogP contribution in [0.2, 0.25) is 0 Å². The Bertz CT molecular complexity index is 331. The fraction of sp³-hybridized carbons (Fsp3) is 0.545. The van der Waals surface area contributed by atoms with Crippen molar-refractivity contribution in [3.63, 3.8) is 0 Å². The van der Waals surface area contributed by atoms with Gasteiger partial charge in [-0.2, -0.15) is 0 Å². The van der Waals surface area contributed by atoms with Gasteiger partial charge in [-0.15, -0.1) is 0 Å². The van der Waals surface area contributed by atoms with Crippen molar-refractivity contribution >= 4 is 5.91 Å². The quantitative estimate of drug-likeness (QED) is 0.789. The Morgan fingerprint density at radius 2 is 1.80 bits per heavy atom. The van der Waals surface area contributed by atoms with E-state index in [1.54, 1.807) is 12.4 Å². The van der Waals surface area contributed by atoms with Crippen molar-refractivity contribution in [3.05, 3.63) is 24.3 Å². The second-order valence-electron chi connectivity index (χ2n) is 4.06. The number of carbonyl (C=O) groups is 1. The lowest BCUT2D eigenvalue weighted by atomic mass is 9.81. The zero-order valence-electron chi connectivity index (χ0n) is 8.60. The SMILES string of the molecule is NC(=O)C1CCC(c2ncccn2)CC1. The van der Waals surface area contributed by atoms with Gasteiger partial charge in [-0.25, -0.2) is 9.97 Å². The standard InChI is InChI=1S/C11H15N3O/c12-10(15)8-2-4-9(5-3-8)11-13-6-1-7-14-11/h1,6-9H,2-5H2,(H2,12,15). The molecule has 2 rings (SSSR count). The maximum Gasteiger partial charge on any atom is 0.220 e. The van der Waals surface area contributed by atoms with Crippen LogP contribution in [0.25, 0.3) is 0 Å². The smallest absolute Gasteiger partial charge is 0.220 e. The molecule has 0 unspecified atom stereocenters. The number of hydrogen-bond donors (Lipinski definition) is 1. The summed E-state index contributed by atoms with van der Waals surface area (Å²) >= 11 is 0. The molecule has 1 heterocycles. The minimum atomic E-state index is -0.164. The average molecular weight is 205 g/mol. The van der Waals surface area contributed by atoms with E-state index in [0.717, 1.165) is 31.5 Å². The summed E-state index contributed by atoms with van der Waals surface area (Å²) in [4.78, 5) is 19.5. The molecular weight excluding hydrogens is 190 g/mol. The highest BCUT2D eigenvalue weighted by atomic mass is 16.1. The first-order chi connectivity index (χ1) is 7.27. The van der Waals surface area contributed by atoms with Crippen LogP contribution in [0.15, 0.2) is 18.5 Å². The van der Waals surface area contributed by atoms with E-state index in [1.807, 2.05) is 6.07 Å². The van der Waals surface area contributed by atoms with Crippen LogP contribution in [0.5, 0.6) is 0 Å². The molecule has 1 aromatic heterocycles. The third-order valence-corrected chi connectivity index (χ3v) is 3.08. The van der Waals surface area contributed by atoms with Crippen LogP contribution in [0, 0.1) is 5.92 Å². The summed E-state index contributed by atoms with van der Waals surface area (Å²) < 4.78 is 0. The van der Waals surface area contributed by atoms with Gasteiger partial charge in [-0.1, -0.05) is 0 Å². The molecule has 1 aliphatic rings. The van der Waals surface area contributed by atoms with Crippen LogP contribution in [0.4, 0.5) is 0 Å². The van der Waals surface area contributed by atoms with E-state index in [4.69, 9.17) is 5.73 Å². The maximum atomic E-state index is 11.0. The molecule has 0 spiro atoms. The number of carbonyl (C=O) groups excluding carboxylic acids is 1. The van der Waals surface area contributed by atoms with Crippen LogP contribution in [0.1, 0.15) is 37.4 Å². The van der Waals surface area contributed by atoms with Crippen molar-refractivity contribution in [2.45, 2.75) is 31.6 Å². The third-order valence-electron chi connectivity index (χ3n) is 3.08. The fourth-order valence-corrected chi connectivity index (χ4v) is 2.16. The van der Waals surface area contributed by atoms with Crippen molar-refractivity contribution in [3.8, 4) is 0 Å². The molecule has 2 N–H and O–H groups in total. The molecular formula is C11H15N3O. The molecule has 0 bridgehead atoms. The number of primary amides is 1. The second-order valence-corrected chi connectivity index (χ2v) is 4.06. The van der Waals surface area contributed by atoms with Gasteiger partial charge in [0.15, 0.2) is 0 Å². The van der Waals surface area contributed by atoms with Gasteiger partial charge in [0.05, 0.1) is 0 Å². The van der Waals surface area contributed by atoms with Gasteiger partial charge in [0.1, 0.15) is 5.82 Å². The van der Waals surface area contributed by atoms with Gasteiger partial charge < -0.3 is 5.73 Å². The first-order valence-electron chi connectivity index (χ1n) is 5.33. The van der Waals surface area contributed by atoms with Crippen LogP contribution < -0.4 is 5.73 Å². The van der Waals surface area contributed by atoms with E-state index in [1.165, 1.54) is 0 Å². The number of nitrogens with two attached hydrogens (primary N) is 1. The van der Waals surface area contributed by atoms with Gasteiger partial charge in [0.2, 0.25) is 5.91 Å². The molecule has 1 amide bonds. The Kier molecular flexibility index (Phi) is 2.94. The molecule has 0 aromatic carbocycles. The molecule has 1 fully saturated rings. The molecule has 0 aliphatic heterocycles. The number of rotatable bonds is 2. The molecule has 0 atom stereocenters. The van der Waals surface area contributed by atoms with Crippen LogP contribution >= 0.6 is 0 Å². The summed E-state index contributed by atoms with van der Waals surface area (Å²) in [5.41, 5.74) is 5.28. The van der Waals surface area contributed by atoms with E-state index in [-0.39, 0.29) is 11.8 Å². The highest BCUT2D eigenvalue weighted by Crippen LogP contribution is 2.33. The van der Waals surface area contributed by atoms with Crippen molar-refractivity contribution < 1.29 is 4.79 Å². The van der Waals surface area contributed by atoms with Gasteiger partial charge in [-0.05, 0) is 31.7 Å². The average Bonchev–Trinajstić information content (AvgIpc) is 2.30. The molecule has 0 radical (unpaired) electrons. The van der Waals surface area contributed by atoms with Gasteiger partial charge in [0, 0.05) is 24.2 Å². The highest BCUT2D eigenvalue weighted by molar-refractivity contribution is 5.76. The van der Waals surface area contributed by atoms with E-state index < -0.39 is 0 Å². The minimum Gasteiger partial charge on any atom is -0.369 e. The first-order valence-corrected chi connectivity index (χ1v) is 5.33.